The molecule has 1 N–H and O–H groups in total. The molecule has 7 heteroatoms. The summed E-state index contributed by atoms with van der Waals surface area (Å²) < 4.78 is 6.44. The molecule has 1 aromatic heterocycles. The van der Waals surface area contributed by atoms with Crippen LogP contribution in [0.3, 0.4) is 0 Å². The molecule has 1 heterocycles. The molecule has 158 valence electrons. The molecule has 0 saturated carbocycles. The minimum Gasteiger partial charge on any atom is -0.496 e. The Morgan fingerprint density at radius 3 is 2.57 bits per heavy atom. The van der Waals surface area contributed by atoms with Crippen LogP contribution in [0.25, 0.3) is 10.6 Å². The predicted molar refractivity (Wildman–Crippen MR) is 127 cm³/mol. The first-order valence-corrected chi connectivity index (χ1v) is 11.3. The molecule has 0 atom stereocenters. The van der Waals surface area contributed by atoms with Gasteiger partial charge in [-0.25, -0.2) is 4.98 Å². The number of hydrogen-bond donors (Lipinski definition) is 1. The SMILES string of the molecule is COc1ccc(Br)cc1-c1nc(CN(C)CC(=O)Nc2c(C)cc(C)cc2C)cs1. The second-order valence-corrected chi connectivity index (χ2v) is 9.26. The lowest BCUT2D eigenvalue weighted by molar-refractivity contribution is -0.117. The van der Waals surface area contributed by atoms with Crippen molar-refractivity contribution in [3.05, 3.63) is 62.6 Å². The van der Waals surface area contributed by atoms with Crippen LogP contribution in [0.2, 0.25) is 0 Å². The van der Waals surface area contributed by atoms with Gasteiger partial charge in [0.15, 0.2) is 0 Å². The van der Waals surface area contributed by atoms with Gasteiger partial charge in [-0.05, 0) is 57.1 Å². The first-order valence-electron chi connectivity index (χ1n) is 9.61. The largest absolute Gasteiger partial charge is 0.496 e. The summed E-state index contributed by atoms with van der Waals surface area (Å²) in [5, 5.41) is 5.98. The molecule has 2 aromatic carbocycles. The molecule has 5 nitrogen and oxygen atoms in total. The Labute approximate surface area is 190 Å². The van der Waals surface area contributed by atoms with Gasteiger partial charge in [0.1, 0.15) is 10.8 Å². The van der Waals surface area contributed by atoms with Crippen molar-refractivity contribution in [1.82, 2.24) is 9.88 Å². The van der Waals surface area contributed by atoms with E-state index in [1.807, 2.05) is 49.4 Å². The van der Waals surface area contributed by atoms with Gasteiger partial charge in [-0.2, -0.15) is 0 Å². The Kier molecular flexibility index (Phi) is 7.28. The van der Waals surface area contributed by atoms with Gasteiger partial charge in [0.05, 0.1) is 24.9 Å². The van der Waals surface area contributed by atoms with Crippen LogP contribution in [-0.4, -0.2) is 36.5 Å². The van der Waals surface area contributed by atoms with Gasteiger partial charge in [0, 0.05) is 22.1 Å². The molecule has 0 spiro atoms. The third kappa shape index (κ3) is 5.47. The van der Waals surface area contributed by atoms with Crippen LogP contribution >= 0.6 is 27.3 Å². The summed E-state index contributed by atoms with van der Waals surface area (Å²) in [7, 11) is 3.58. The normalized spacial score (nSPS) is 11.0. The number of aryl methyl sites for hydroxylation is 3. The van der Waals surface area contributed by atoms with E-state index < -0.39 is 0 Å². The van der Waals surface area contributed by atoms with Crippen LogP contribution in [0.1, 0.15) is 22.4 Å². The van der Waals surface area contributed by atoms with E-state index >= 15 is 0 Å². The second kappa shape index (κ2) is 9.73. The van der Waals surface area contributed by atoms with E-state index in [0.717, 1.165) is 43.3 Å². The standard InChI is InChI=1S/C23H26BrN3O2S/c1-14-8-15(2)22(16(3)9-14)26-21(28)12-27(4)11-18-13-30-23(25-18)19-10-17(24)6-7-20(19)29-5/h6-10,13H,11-12H2,1-5H3,(H,26,28). The van der Waals surface area contributed by atoms with Crippen LogP contribution in [0.5, 0.6) is 5.75 Å². The van der Waals surface area contributed by atoms with E-state index in [4.69, 9.17) is 9.72 Å². The highest BCUT2D eigenvalue weighted by Gasteiger charge is 2.14. The fourth-order valence-electron chi connectivity index (χ4n) is 3.48. The van der Waals surface area contributed by atoms with E-state index in [2.05, 4.69) is 40.3 Å². The number of thiazole rings is 1. The van der Waals surface area contributed by atoms with Crippen molar-refractivity contribution in [2.75, 3.05) is 26.0 Å². The number of aromatic nitrogens is 1. The average Bonchev–Trinajstić information content (AvgIpc) is 3.12. The number of amides is 1. The number of carbonyl (C=O) groups is 1. The summed E-state index contributed by atoms with van der Waals surface area (Å²) in [6, 6.07) is 10.0. The quantitative estimate of drug-likeness (QED) is 0.472. The topological polar surface area (TPSA) is 54.5 Å². The number of carbonyl (C=O) groups excluding carboxylic acids is 1. The third-order valence-electron chi connectivity index (χ3n) is 4.73. The number of methoxy groups -OCH3 is 1. The van der Waals surface area contributed by atoms with Gasteiger partial charge < -0.3 is 10.1 Å². The lowest BCUT2D eigenvalue weighted by Crippen LogP contribution is -2.30. The number of likely N-dealkylation sites (N-methyl/N-ethyl adjacent to an activating group) is 1. The number of nitrogens with zero attached hydrogens (tertiary/aromatic N) is 2. The number of anilines is 1. The molecule has 30 heavy (non-hydrogen) atoms. The summed E-state index contributed by atoms with van der Waals surface area (Å²) in [5.74, 6) is 0.757. The van der Waals surface area contributed by atoms with E-state index in [9.17, 15) is 4.79 Å². The maximum atomic E-state index is 12.6. The van der Waals surface area contributed by atoms with Gasteiger partial charge in [0.2, 0.25) is 5.91 Å². The number of benzene rings is 2. The Bertz CT molecular complexity index is 1040. The number of halogens is 1. The fourth-order valence-corrected chi connectivity index (χ4v) is 4.68. The molecule has 0 radical (unpaired) electrons. The highest BCUT2D eigenvalue weighted by Crippen LogP contribution is 2.34. The minimum atomic E-state index is -0.0309. The Morgan fingerprint density at radius 2 is 1.90 bits per heavy atom. The molecule has 0 bridgehead atoms. The Balaban J connectivity index is 1.64. The van der Waals surface area contributed by atoms with Crippen LogP contribution in [0.4, 0.5) is 5.69 Å². The van der Waals surface area contributed by atoms with E-state index in [0.29, 0.717) is 13.1 Å². The number of ether oxygens (including phenoxy) is 1. The van der Waals surface area contributed by atoms with E-state index in [1.54, 1.807) is 18.4 Å². The van der Waals surface area contributed by atoms with Crippen molar-refractivity contribution in [2.45, 2.75) is 27.3 Å². The van der Waals surface area contributed by atoms with Gasteiger partial charge in [-0.3, -0.25) is 9.69 Å². The molecular weight excluding hydrogens is 462 g/mol. The smallest absolute Gasteiger partial charge is 0.238 e. The zero-order valence-electron chi connectivity index (χ0n) is 17.9. The average molecular weight is 488 g/mol. The molecule has 0 fully saturated rings. The maximum Gasteiger partial charge on any atom is 0.238 e. The predicted octanol–water partition coefficient (Wildman–Crippen LogP) is 5.58. The van der Waals surface area contributed by atoms with E-state index in [-0.39, 0.29) is 5.91 Å². The summed E-state index contributed by atoms with van der Waals surface area (Å²) in [4.78, 5) is 19.3. The van der Waals surface area contributed by atoms with Crippen molar-refractivity contribution in [2.24, 2.45) is 0 Å². The number of hydrogen-bond acceptors (Lipinski definition) is 5. The number of nitrogens with one attached hydrogen (secondary N) is 1. The van der Waals surface area contributed by atoms with Crippen LogP contribution < -0.4 is 10.1 Å². The first kappa shape index (κ1) is 22.5. The van der Waals surface area contributed by atoms with Crippen LogP contribution in [0, 0.1) is 20.8 Å². The molecule has 3 aromatic rings. The van der Waals surface area contributed by atoms with Crippen molar-refractivity contribution in [1.29, 1.82) is 0 Å². The van der Waals surface area contributed by atoms with Crippen LogP contribution in [-0.2, 0) is 11.3 Å². The zero-order chi connectivity index (χ0) is 21.8. The van der Waals surface area contributed by atoms with Gasteiger partial charge in [-0.1, -0.05) is 33.6 Å². The number of rotatable bonds is 7. The van der Waals surface area contributed by atoms with E-state index in [1.165, 1.54) is 5.56 Å². The summed E-state index contributed by atoms with van der Waals surface area (Å²) in [6.07, 6.45) is 0. The molecule has 0 unspecified atom stereocenters. The fraction of sp³-hybridized carbons (Fsp3) is 0.304. The molecule has 0 aliphatic heterocycles. The molecular formula is C23H26BrN3O2S. The Morgan fingerprint density at radius 1 is 1.20 bits per heavy atom. The lowest BCUT2D eigenvalue weighted by Gasteiger charge is -2.17. The molecule has 0 aliphatic carbocycles. The summed E-state index contributed by atoms with van der Waals surface area (Å²) in [6.45, 7) is 6.98. The third-order valence-corrected chi connectivity index (χ3v) is 6.15. The summed E-state index contributed by atoms with van der Waals surface area (Å²) >= 11 is 5.08. The monoisotopic (exact) mass is 487 g/mol. The van der Waals surface area contributed by atoms with Crippen molar-refractivity contribution < 1.29 is 9.53 Å². The molecule has 1 amide bonds. The first-order chi connectivity index (χ1) is 14.3. The minimum absolute atomic E-state index is 0.0309. The highest BCUT2D eigenvalue weighted by atomic mass is 79.9. The van der Waals surface area contributed by atoms with Gasteiger partial charge in [0.25, 0.3) is 0 Å². The molecule has 0 saturated heterocycles. The van der Waals surface area contributed by atoms with Crippen molar-refractivity contribution in [3.63, 3.8) is 0 Å². The molecule has 0 aliphatic rings. The van der Waals surface area contributed by atoms with Gasteiger partial charge in [-0.15, -0.1) is 11.3 Å². The second-order valence-electron chi connectivity index (χ2n) is 7.48. The maximum absolute atomic E-state index is 12.6. The Hall–Kier alpha value is -2.22. The van der Waals surface area contributed by atoms with Crippen molar-refractivity contribution >= 4 is 38.9 Å². The summed E-state index contributed by atoms with van der Waals surface area (Å²) in [5.41, 5.74) is 6.13. The highest BCUT2D eigenvalue weighted by molar-refractivity contribution is 9.10. The van der Waals surface area contributed by atoms with Crippen molar-refractivity contribution in [3.8, 4) is 16.3 Å². The zero-order valence-corrected chi connectivity index (χ0v) is 20.3. The lowest BCUT2D eigenvalue weighted by atomic mass is 10.1. The van der Waals surface area contributed by atoms with Crippen LogP contribution in [0.15, 0.2) is 40.2 Å². The van der Waals surface area contributed by atoms with Gasteiger partial charge >= 0.3 is 0 Å². The molecule has 3 rings (SSSR count).